The van der Waals surface area contributed by atoms with Crippen LogP contribution in [0.1, 0.15) is 40.0 Å². The summed E-state index contributed by atoms with van der Waals surface area (Å²) < 4.78 is 0. The first kappa shape index (κ1) is 20.4. The van der Waals surface area contributed by atoms with Crippen LogP contribution in [0.5, 0.6) is 28.7 Å². The predicted molar refractivity (Wildman–Crippen MR) is 93.7 cm³/mol. The third kappa shape index (κ3) is 4.64. The molecule has 0 saturated carbocycles. The number of Topliss-reactive ketones (excluding diaryl/α,β-unsaturated/α-hetero) is 4. The number of benzene rings is 2. The molecule has 0 amide bonds. The molecule has 0 fully saturated rings. The third-order valence-corrected chi connectivity index (χ3v) is 3.81. The monoisotopic (exact) mass is 388 g/mol. The summed E-state index contributed by atoms with van der Waals surface area (Å²) in [5, 5.41) is 46.7. The molecule has 146 valence electrons. The average Bonchev–Trinajstić information content (AvgIpc) is 2.63. The zero-order valence-corrected chi connectivity index (χ0v) is 14.4. The topological polar surface area (TPSA) is 169 Å². The minimum Gasteiger partial charge on any atom is -0.508 e. The molecule has 2 aromatic rings. The van der Waals surface area contributed by atoms with Crippen molar-refractivity contribution < 1.29 is 44.7 Å². The molecule has 28 heavy (non-hydrogen) atoms. The van der Waals surface area contributed by atoms with Crippen molar-refractivity contribution in [2.75, 3.05) is 0 Å². The van der Waals surface area contributed by atoms with Crippen LogP contribution in [0.2, 0.25) is 0 Å². The number of carbonyl (C=O) groups is 4. The molecule has 0 spiro atoms. The van der Waals surface area contributed by atoms with Crippen molar-refractivity contribution in [3.05, 3.63) is 41.5 Å². The Morgan fingerprint density at radius 1 is 0.607 bits per heavy atom. The van der Waals surface area contributed by atoms with Gasteiger partial charge in [-0.1, -0.05) is 0 Å². The van der Waals surface area contributed by atoms with Gasteiger partial charge in [0, 0.05) is 30.0 Å². The number of ketones is 4. The van der Waals surface area contributed by atoms with E-state index in [1.165, 1.54) is 0 Å². The lowest BCUT2D eigenvalue weighted by Gasteiger charge is -2.05. The largest absolute Gasteiger partial charge is 0.508 e. The van der Waals surface area contributed by atoms with Crippen molar-refractivity contribution in [2.24, 2.45) is 0 Å². The van der Waals surface area contributed by atoms with Crippen molar-refractivity contribution >= 4 is 23.1 Å². The Hall–Kier alpha value is -3.88. The number of phenols is 5. The van der Waals surface area contributed by atoms with Crippen molar-refractivity contribution in [1.29, 1.82) is 0 Å². The molecular weight excluding hydrogens is 372 g/mol. The van der Waals surface area contributed by atoms with Gasteiger partial charge >= 0.3 is 0 Å². The van der Waals surface area contributed by atoms with E-state index < -0.39 is 51.9 Å². The van der Waals surface area contributed by atoms with Crippen LogP contribution in [-0.2, 0) is 9.59 Å². The predicted octanol–water partition coefficient (Wildman–Crippen LogP) is 1.59. The standard InChI is InChI=1S/C19H16O9/c20-11-4-9(5-12(21)8-11)17(26)13(22)2-1-3-14(23)18(27)10-6-15(24)19(28)16(25)7-10/h4-8,20-21,24-25,28H,1-3H2. The molecule has 9 nitrogen and oxygen atoms in total. The second-order valence-electron chi connectivity index (χ2n) is 5.96. The molecular formula is C19H16O9. The average molecular weight is 388 g/mol. The van der Waals surface area contributed by atoms with Gasteiger partial charge in [-0.2, -0.15) is 0 Å². The summed E-state index contributed by atoms with van der Waals surface area (Å²) in [5.74, 6) is -6.94. The van der Waals surface area contributed by atoms with Gasteiger partial charge in [-0.15, -0.1) is 0 Å². The second kappa shape index (κ2) is 8.21. The Morgan fingerprint density at radius 2 is 1.00 bits per heavy atom. The van der Waals surface area contributed by atoms with Gasteiger partial charge in [-0.3, -0.25) is 19.2 Å². The van der Waals surface area contributed by atoms with Gasteiger partial charge in [0.05, 0.1) is 0 Å². The normalized spacial score (nSPS) is 10.4. The second-order valence-corrected chi connectivity index (χ2v) is 5.96. The van der Waals surface area contributed by atoms with Gasteiger partial charge in [-0.05, 0) is 30.7 Å². The molecule has 0 radical (unpaired) electrons. The maximum absolute atomic E-state index is 12.0. The fraction of sp³-hybridized carbons (Fsp3) is 0.158. The molecule has 5 N–H and O–H groups in total. The maximum atomic E-state index is 12.0. The van der Waals surface area contributed by atoms with Gasteiger partial charge in [0.1, 0.15) is 11.5 Å². The molecule has 0 bridgehead atoms. The lowest BCUT2D eigenvalue weighted by Crippen LogP contribution is -2.17. The number of phenolic OH excluding ortho intramolecular Hbond substituents is 5. The summed E-state index contributed by atoms with van der Waals surface area (Å²) in [6.45, 7) is 0. The van der Waals surface area contributed by atoms with Gasteiger partial charge < -0.3 is 25.5 Å². The summed E-state index contributed by atoms with van der Waals surface area (Å²) in [4.78, 5) is 47.8. The van der Waals surface area contributed by atoms with Crippen molar-refractivity contribution in [1.82, 2.24) is 0 Å². The SMILES string of the molecule is O=C(CCCC(=O)C(=O)c1cc(O)c(O)c(O)c1)C(=O)c1cc(O)cc(O)c1. The van der Waals surface area contributed by atoms with Crippen LogP contribution in [0, 0.1) is 0 Å². The first-order valence-electron chi connectivity index (χ1n) is 8.03. The maximum Gasteiger partial charge on any atom is 0.228 e. The Morgan fingerprint density at radius 3 is 1.43 bits per heavy atom. The minimum atomic E-state index is -1.04. The summed E-state index contributed by atoms with van der Waals surface area (Å²) in [7, 11) is 0. The number of carbonyl (C=O) groups excluding carboxylic acids is 4. The van der Waals surface area contributed by atoms with E-state index >= 15 is 0 Å². The van der Waals surface area contributed by atoms with E-state index in [1.807, 2.05) is 0 Å². The quantitative estimate of drug-likeness (QED) is 0.256. The van der Waals surface area contributed by atoms with Crippen molar-refractivity contribution in [3.63, 3.8) is 0 Å². The van der Waals surface area contributed by atoms with E-state index in [0.29, 0.717) is 0 Å². The number of hydrogen-bond acceptors (Lipinski definition) is 9. The fourth-order valence-electron chi connectivity index (χ4n) is 2.42. The Bertz CT molecular complexity index is 932. The van der Waals surface area contributed by atoms with Crippen LogP contribution in [-0.4, -0.2) is 48.7 Å². The van der Waals surface area contributed by atoms with E-state index in [-0.39, 0.29) is 30.4 Å². The van der Waals surface area contributed by atoms with Gasteiger partial charge in [0.2, 0.25) is 23.1 Å². The summed E-state index contributed by atoms with van der Waals surface area (Å²) >= 11 is 0. The highest BCUT2D eigenvalue weighted by Crippen LogP contribution is 2.35. The third-order valence-electron chi connectivity index (χ3n) is 3.81. The van der Waals surface area contributed by atoms with E-state index in [2.05, 4.69) is 0 Å². The van der Waals surface area contributed by atoms with E-state index in [9.17, 15) is 44.7 Å². The van der Waals surface area contributed by atoms with Crippen LogP contribution >= 0.6 is 0 Å². The molecule has 0 aliphatic rings. The molecule has 0 unspecified atom stereocenters. The Labute approximate surface area is 158 Å². The molecule has 2 rings (SSSR count). The molecule has 0 atom stereocenters. The van der Waals surface area contributed by atoms with E-state index in [0.717, 1.165) is 30.3 Å². The molecule has 0 aliphatic heterocycles. The molecule has 0 aromatic heterocycles. The Kier molecular flexibility index (Phi) is 5.99. The van der Waals surface area contributed by atoms with Crippen LogP contribution in [0.3, 0.4) is 0 Å². The summed E-state index contributed by atoms with van der Waals surface area (Å²) in [6, 6.07) is 4.65. The zero-order chi connectivity index (χ0) is 21.0. The highest BCUT2D eigenvalue weighted by Gasteiger charge is 2.22. The summed E-state index contributed by atoms with van der Waals surface area (Å²) in [6.07, 6.45) is -0.831. The fourth-order valence-corrected chi connectivity index (χ4v) is 2.42. The highest BCUT2D eigenvalue weighted by molar-refractivity contribution is 6.45. The Balaban J connectivity index is 1.95. The van der Waals surface area contributed by atoms with Crippen molar-refractivity contribution in [2.45, 2.75) is 19.3 Å². The van der Waals surface area contributed by atoms with Crippen LogP contribution < -0.4 is 0 Å². The number of hydrogen-bond donors (Lipinski definition) is 5. The molecule has 0 aliphatic carbocycles. The van der Waals surface area contributed by atoms with E-state index in [4.69, 9.17) is 0 Å². The van der Waals surface area contributed by atoms with Crippen LogP contribution in [0.4, 0.5) is 0 Å². The minimum absolute atomic E-state index is 0.115. The summed E-state index contributed by atoms with van der Waals surface area (Å²) in [5.41, 5.74) is -0.546. The molecule has 0 saturated heterocycles. The molecule has 0 heterocycles. The van der Waals surface area contributed by atoms with E-state index in [1.54, 1.807) is 0 Å². The smallest absolute Gasteiger partial charge is 0.228 e. The van der Waals surface area contributed by atoms with Gasteiger partial charge in [0.25, 0.3) is 0 Å². The van der Waals surface area contributed by atoms with Crippen LogP contribution in [0.15, 0.2) is 30.3 Å². The highest BCUT2D eigenvalue weighted by atomic mass is 16.3. The first-order valence-corrected chi connectivity index (χ1v) is 8.03. The lowest BCUT2D eigenvalue weighted by molar-refractivity contribution is -0.116. The number of rotatable bonds is 8. The van der Waals surface area contributed by atoms with Gasteiger partial charge in [0.15, 0.2) is 17.2 Å². The van der Waals surface area contributed by atoms with Crippen LogP contribution in [0.25, 0.3) is 0 Å². The number of aromatic hydroxyl groups is 5. The van der Waals surface area contributed by atoms with Gasteiger partial charge in [-0.25, -0.2) is 0 Å². The molecule has 2 aromatic carbocycles. The molecule has 9 heteroatoms. The lowest BCUT2D eigenvalue weighted by atomic mass is 9.99. The van der Waals surface area contributed by atoms with Crippen molar-refractivity contribution in [3.8, 4) is 28.7 Å². The zero-order valence-electron chi connectivity index (χ0n) is 14.4. The first-order chi connectivity index (χ1) is 13.1.